The van der Waals surface area contributed by atoms with Crippen LogP contribution in [-0.2, 0) is 11.0 Å². The van der Waals surface area contributed by atoms with E-state index in [1.165, 1.54) is 12.3 Å². The molecule has 30 heavy (non-hydrogen) atoms. The largest absolute Gasteiger partial charge is 0.418 e. The SMILES string of the molecule is C[C@H]1C[C@@H](CC(=O)C2(F)CCCC2)CN(c2ccc(C(F)(F)F)c3ncccc23)C1. The number of carbonyl (C=O) groups is 1. The molecule has 0 amide bonds. The van der Waals surface area contributed by atoms with Crippen molar-refractivity contribution in [2.24, 2.45) is 11.8 Å². The molecule has 1 aliphatic heterocycles. The van der Waals surface area contributed by atoms with Gasteiger partial charge in [0.1, 0.15) is 0 Å². The van der Waals surface area contributed by atoms with Crippen molar-refractivity contribution in [3.63, 3.8) is 0 Å². The van der Waals surface area contributed by atoms with Crippen molar-refractivity contribution in [2.45, 2.75) is 57.3 Å². The van der Waals surface area contributed by atoms with Crippen molar-refractivity contribution in [3.05, 3.63) is 36.0 Å². The summed E-state index contributed by atoms with van der Waals surface area (Å²) in [6.07, 6.45) is 0.0132. The summed E-state index contributed by atoms with van der Waals surface area (Å²) in [6, 6.07) is 5.87. The molecule has 2 fully saturated rings. The number of rotatable bonds is 4. The predicted molar refractivity (Wildman–Crippen MR) is 108 cm³/mol. The van der Waals surface area contributed by atoms with Crippen molar-refractivity contribution < 1.29 is 22.4 Å². The number of Topliss-reactive ketones (excluding diaryl/α,β-unsaturated/α-hetero) is 1. The van der Waals surface area contributed by atoms with E-state index < -0.39 is 17.4 Å². The summed E-state index contributed by atoms with van der Waals surface area (Å²) in [5, 5.41) is 0.448. The first-order valence-corrected chi connectivity index (χ1v) is 10.6. The van der Waals surface area contributed by atoms with Gasteiger partial charge in [-0.25, -0.2) is 4.39 Å². The van der Waals surface area contributed by atoms with E-state index in [0.29, 0.717) is 37.0 Å². The average molecular weight is 422 g/mol. The van der Waals surface area contributed by atoms with Gasteiger partial charge in [-0.15, -0.1) is 0 Å². The zero-order valence-corrected chi connectivity index (χ0v) is 17.0. The third-order valence-electron chi connectivity index (χ3n) is 6.51. The molecule has 2 aliphatic rings. The fraction of sp³-hybridized carbons (Fsp3) is 0.565. The molecular formula is C23H26F4N2O. The Balaban J connectivity index is 1.61. The standard InChI is InChI=1S/C23H26F4N2O/c1-15-11-16(12-20(30)22(24)8-2-3-9-22)14-29(13-15)19-7-6-18(23(25,26)27)21-17(19)5-4-10-28-21/h4-7,10,15-16H,2-3,8-9,11-14H2,1H3/t15-,16-/m0/s1. The number of hydrogen-bond acceptors (Lipinski definition) is 3. The maximum Gasteiger partial charge on any atom is 0.418 e. The molecule has 0 N–H and O–H groups in total. The first kappa shape index (κ1) is 21.1. The molecule has 162 valence electrons. The van der Waals surface area contributed by atoms with Gasteiger partial charge in [0.05, 0.1) is 11.1 Å². The zero-order valence-electron chi connectivity index (χ0n) is 17.0. The summed E-state index contributed by atoms with van der Waals surface area (Å²) in [5.41, 5.74) is -1.82. The number of ketones is 1. The molecule has 2 atom stereocenters. The van der Waals surface area contributed by atoms with Crippen LogP contribution in [0.5, 0.6) is 0 Å². The highest BCUT2D eigenvalue weighted by molar-refractivity contribution is 5.94. The van der Waals surface area contributed by atoms with Crippen LogP contribution in [0.1, 0.15) is 51.0 Å². The molecule has 1 saturated heterocycles. The first-order valence-electron chi connectivity index (χ1n) is 10.6. The molecule has 1 aromatic heterocycles. The van der Waals surface area contributed by atoms with Crippen LogP contribution in [0.15, 0.2) is 30.5 Å². The number of anilines is 1. The lowest BCUT2D eigenvalue weighted by Crippen LogP contribution is -2.42. The second kappa shape index (κ2) is 7.82. The van der Waals surface area contributed by atoms with E-state index in [1.54, 1.807) is 12.1 Å². The van der Waals surface area contributed by atoms with Gasteiger partial charge in [-0.3, -0.25) is 9.78 Å². The van der Waals surface area contributed by atoms with E-state index in [4.69, 9.17) is 0 Å². The van der Waals surface area contributed by atoms with Crippen LogP contribution in [0.4, 0.5) is 23.2 Å². The van der Waals surface area contributed by atoms with Gasteiger partial charge < -0.3 is 4.90 Å². The number of carbonyl (C=O) groups excluding carboxylic acids is 1. The molecule has 4 rings (SSSR count). The molecule has 2 heterocycles. The lowest BCUT2D eigenvalue weighted by molar-refractivity contribution is -0.136. The maximum atomic E-state index is 14.9. The van der Waals surface area contributed by atoms with E-state index in [2.05, 4.69) is 11.9 Å². The summed E-state index contributed by atoms with van der Waals surface area (Å²) in [6.45, 7) is 3.28. The minimum absolute atomic E-state index is 0.0107. The summed E-state index contributed by atoms with van der Waals surface area (Å²) >= 11 is 0. The quantitative estimate of drug-likeness (QED) is 0.570. The molecule has 2 aromatic rings. The molecule has 1 saturated carbocycles. The molecule has 1 aromatic carbocycles. The fourth-order valence-electron chi connectivity index (χ4n) is 5.15. The Hall–Kier alpha value is -2.18. The number of piperidine rings is 1. The Morgan fingerprint density at radius 3 is 2.63 bits per heavy atom. The predicted octanol–water partition coefficient (Wildman–Crippen LogP) is 5.96. The minimum Gasteiger partial charge on any atom is -0.370 e. The summed E-state index contributed by atoms with van der Waals surface area (Å²) < 4.78 is 55.1. The third kappa shape index (κ3) is 4.03. The lowest BCUT2D eigenvalue weighted by atomic mass is 9.83. The zero-order chi connectivity index (χ0) is 21.5. The Morgan fingerprint density at radius 2 is 1.93 bits per heavy atom. The van der Waals surface area contributed by atoms with Crippen molar-refractivity contribution in [3.8, 4) is 0 Å². The van der Waals surface area contributed by atoms with Crippen molar-refractivity contribution in [1.29, 1.82) is 0 Å². The number of hydrogen-bond donors (Lipinski definition) is 0. The van der Waals surface area contributed by atoms with Crippen LogP contribution in [0.2, 0.25) is 0 Å². The normalized spacial score (nSPS) is 24.4. The van der Waals surface area contributed by atoms with E-state index in [0.717, 1.165) is 25.3 Å². The van der Waals surface area contributed by atoms with Crippen LogP contribution in [0.3, 0.4) is 0 Å². The Bertz CT molecular complexity index is 936. The van der Waals surface area contributed by atoms with Crippen LogP contribution in [0, 0.1) is 11.8 Å². The number of benzene rings is 1. The number of alkyl halides is 4. The number of fused-ring (bicyclic) bond motifs is 1. The van der Waals surface area contributed by atoms with Crippen molar-refractivity contribution in [1.82, 2.24) is 4.98 Å². The number of halogens is 4. The molecular weight excluding hydrogens is 396 g/mol. The smallest absolute Gasteiger partial charge is 0.370 e. The van der Waals surface area contributed by atoms with Crippen LogP contribution in [-0.4, -0.2) is 29.5 Å². The monoisotopic (exact) mass is 422 g/mol. The number of aromatic nitrogens is 1. The highest BCUT2D eigenvalue weighted by Gasteiger charge is 2.42. The minimum atomic E-state index is -4.48. The Labute approximate surface area is 173 Å². The van der Waals surface area contributed by atoms with Crippen LogP contribution < -0.4 is 4.90 Å². The van der Waals surface area contributed by atoms with Crippen LogP contribution in [0.25, 0.3) is 10.9 Å². The van der Waals surface area contributed by atoms with E-state index in [-0.39, 0.29) is 29.6 Å². The van der Waals surface area contributed by atoms with Gasteiger partial charge in [0.15, 0.2) is 11.5 Å². The van der Waals surface area contributed by atoms with Gasteiger partial charge in [0, 0.05) is 36.8 Å². The van der Waals surface area contributed by atoms with Crippen LogP contribution >= 0.6 is 0 Å². The molecule has 0 radical (unpaired) electrons. The molecule has 3 nitrogen and oxygen atoms in total. The van der Waals surface area contributed by atoms with Gasteiger partial charge in [-0.1, -0.05) is 6.92 Å². The van der Waals surface area contributed by atoms with E-state index in [9.17, 15) is 22.4 Å². The topological polar surface area (TPSA) is 33.2 Å². The second-order valence-electron chi connectivity index (χ2n) is 8.94. The highest BCUT2D eigenvalue weighted by atomic mass is 19.4. The fourth-order valence-corrected chi connectivity index (χ4v) is 5.15. The van der Waals surface area contributed by atoms with Gasteiger partial charge >= 0.3 is 6.18 Å². The van der Waals surface area contributed by atoms with E-state index in [1.807, 2.05) is 4.90 Å². The summed E-state index contributed by atoms with van der Waals surface area (Å²) in [7, 11) is 0. The first-order chi connectivity index (χ1) is 14.2. The molecule has 7 heteroatoms. The van der Waals surface area contributed by atoms with E-state index >= 15 is 0 Å². The Morgan fingerprint density at radius 1 is 1.20 bits per heavy atom. The third-order valence-corrected chi connectivity index (χ3v) is 6.51. The van der Waals surface area contributed by atoms with Gasteiger partial charge in [-0.2, -0.15) is 13.2 Å². The van der Waals surface area contributed by atoms with Crippen molar-refractivity contribution >= 4 is 22.4 Å². The second-order valence-corrected chi connectivity index (χ2v) is 8.94. The Kier molecular flexibility index (Phi) is 5.49. The average Bonchev–Trinajstić information content (AvgIpc) is 3.14. The van der Waals surface area contributed by atoms with Crippen molar-refractivity contribution in [2.75, 3.05) is 18.0 Å². The summed E-state index contributed by atoms with van der Waals surface area (Å²) in [4.78, 5) is 18.7. The summed E-state index contributed by atoms with van der Waals surface area (Å²) in [5.74, 6) is -0.0637. The lowest BCUT2D eigenvalue weighted by Gasteiger charge is -2.39. The number of nitrogens with zero attached hydrogens (tertiary/aromatic N) is 2. The van der Waals surface area contributed by atoms with Gasteiger partial charge in [0.25, 0.3) is 0 Å². The van der Waals surface area contributed by atoms with Gasteiger partial charge in [0.2, 0.25) is 0 Å². The molecule has 0 spiro atoms. The molecule has 1 aliphatic carbocycles. The molecule has 0 unspecified atom stereocenters. The highest BCUT2D eigenvalue weighted by Crippen LogP contribution is 2.40. The maximum absolute atomic E-state index is 14.9. The van der Waals surface area contributed by atoms with Gasteiger partial charge in [-0.05, 0) is 68.2 Å². The number of pyridine rings is 1. The molecule has 0 bridgehead atoms.